The van der Waals surface area contributed by atoms with Gasteiger partial charge >= 0.3 is 0 Å². The van der Waals surface area contributed by atoms with Crippen molar-refractivity contribution in [2.24, 2.45) is 21.1 Å². The maximum Gasteiger partial charge on any atom is 0.257 e. The zero-order valence-corrected chi connectivity index (χ0v) is 54.3. The molecular formula is C60H82N22O9. The van der Waals surface area contributed by atoms with Crippen LogP contribution in [0.2, 0.25) is 0 Å². The lowest BCUT2D eigenvalue weighted by Gasteiger charge is -2.27. The molecule has 0 aliphatic carbocycles. The summed E-state index contributed by atoms with van der Waals surface area (Å²) in [6.45, 7) is 2.60. The van der Waals surface area contributed by atoms with Crippen LogP contribution in [0.5, 0.6) is 11.5 Å². The van der Waals surface area contributed by atoms with Gasteiger partial charge in [-0.1, -0.05) is 0 Å². The number of carbonyl (C=O) groups excluding carboxylic acids is 5. The van der Waals surface area contributed by atoms with E-state index in [1.807, 2.05) is 56.6 Å². The molecule has 486 valence electrons. The zero-order valence-electron chi connectivity index (χ0n) is 54.3. The number of aliphatic hydroxyl groups is 1. The first-order valence-corrected chi connectivity index (χ1v) is 28.4. The van der Waals surface area contributed by atoms with Gasteiger partial charge in [0.2, 0.25) is 0 Å². The molecule has 0 radical (unpaired) electrons. The van der Waals surface area contributed by atoms with Crippen molar-refractivity contribution in [3.63, 3.8) is 0 Å². The van der Waals surface area contributed by atoms with Crippen LogP contribution in [0.4, 0.5) is 28.4 Å². The highest BCUT2D eigenvalue weighted by Crippen LogP contribution is 2.28. The Morgan fingerprint density at radius 3 is 1.25 bits per heavy atom. The summed E-state index contributed by atoms with van der Waals surface area (Å²) in [7, 11) is 27.5. The van der Waals surface area contributed by atoms with Crippen molar-refractivity contribution in [2.45, 2.75) is 0 Å². The molecule has 0 spiro atoms. The molecule has 0 unspecified atom stereocenters. The molecule has 0 saturated carbocycles. The molecule has 9 rings (SSSR count). The Hall–Kier alpha value is -10.8. The number of nitrogens with one attached hydrogen (secondary N) is 6. The fraction of sp³-hybridized carbons (Fsp3) is 0.367. The maximum atomic E-state index is 12.7. The van der Waals surface area contributed by atoms with Gasteiger partial charge in [-0.3, -0.25) is 24.0 Å². The highest BCUT2D eigenvalue weighted by atomic mass is 16.5. The van der Waals surface area contributed by atoms with E-state index in [0.29, 0.717) is 83.1 Å². The number of anilines is 5. The number of methoxy groups -OCH3 is 2. The van der Waals surface area contributed by atoms with Crippen LogP contribution in [0, 0.1) is 0 Å². The van der Waals surface area contributed by atoms with Gasteiger partial charge in [-0.05, 0) is 122 Å². The number of benzene rings is 5. The summed E-state index contributed by atoms with van der Waals surface area (Å²) in [5, 5.41) is 60.8. The second-order valence-electron chi connectivity index (χ2n) is 20.2. The van der Waals surface area contributed by atoms with E-state index in [2.05, 4.69) is 78.5 Å². The third kappa shape index (κ3) is 19.3. The monoisotopic (exact) mass is 1250 g/mol. The van der Waals surface area contributed by atoms with Gasteiger partial charge in [0.25, 0.3) is 29.5 Å². The summed E-state index contributed by atoms with van der Waals surface area (Å²) >= 11 is 0. The minimum Gasteiger partial charge on any atom is -0.496 e. The molecular weight excluding hydrogens is 1170 g/mol. The van der Waals surface area contributed by atoms with E-state index in [-0.39, 0.29) is 42.7 Å². The molecule has 5 aromatic carbocycles. The van der Waals surface area contributed by atoms with Crippen LogP contribution >= 0.6 is 0 Å². The van der Waals surface area contributed by atoms with Gasteiger partial charge in [-0.2, -0.15) is 0 Å². The lowest BCUT2D eigenvalue weighted by molar-refractivity contribution is 0.0303. The molecule has 1 fully saturated rings. The molecule has 4 heterocycles. The van der Waals surface area contributed by atoms with E-state index < -0.39 is 0 Å². The smallest absolute Gasteiger partial charge is 0.257 e. The van der Waals surface area contributed by atoms with Gasteiger partial charge in [-0.25, -0.2) is 14.0 Å². The lowest BCUT2D eigenvalue weighted by Crippen LogP contribution is -2.40. The summed E-state index contributed by atoms with van der Waals surface area (Å²) in [4.78, 5) is 66.6. The number of amides is 5. The first-order valence-electron chi connectivity index (χ1n) is 28.4. The van der Waals surface area contributed by atoms with Crippen molar-refractivity contribution in [3.05, 3.63) is 119 Å². The number of likely N-dealkylation sites (N-methyl/N-ethyl adjacent to an activating group) is 1. The van der Waals surface area contributed by atoms with E-state index in [1.54, 1.807) is 166 Å². The van der Waals surface area contributed by atoms with Crippen molar-refractivity contribution in [3.8, 4) is 45.7 Å². The molecule has 31 heteroatoms. The van der Waals surface area contributed by atoms with E-state index in [9.17, 15) is 24.0 Å². The number of hydrogen-bond acceptors (Lipinski definition) is 23. The quantitative estimate of drug-likeness (QED) is 0.0685. The van der Waals surface area contributed by atoms with Gasteiger partial charge in [0.05, 0.1) is 45.2 Å². The van der Waals surface area contributed by atoms with Crippen LogP contribution in [-0.4, -0.2) is 246 Å². The predicted octanol–water partition coefficient (Wildman–Crippen LogP) is 3.53. The van der Waals surface area contributed by atoms with Gasteiger partial charge in [0.1, 0.15) is 11.5 Å². The zero-order chi connectivity index (χ0) is 66.9. The minimum atomic E-state index is -0.169. The summed E-state index contributed by atoms with van der Waals surface area (Å²) in [6, 6.07) is 27.2. The topological polar surface area (TPSA) is 349 Å². The molecule has 7 N–H and O–H groups in total. The molecule has 3 aromatic heterocycles. The number of aromatic nitrogens is 12. The van der Waals surface area contributed by atoms with Gasteiger partial charge in [0, 0.05) is 180 Å². The van der Waals surface area contributed by atoms with Crippen molar-refractivity contribution in [1.82, 2.24) is 85.5 Å². The van der Waals surface area contributed by atoms with Crippen LogP contribution in [0.1, 0.15) is 51.8 Å². The second-order valence-corrected chi connectivity index (χ2v) is 20.2. The normalized spacial score (nSPS) is 11.2. The van der Waals surface area contributed by atoms with Crippen LogP contribution in [-0.2, 0) is 25.9 Å². The fourth-order valence-electron chi connectivity index (χ4n) is 8.62. The van der Waals surface area contributed by atoms with E-state index in [4.69, 9.17) is 19.3 Å². The molecule has 1 aliphatic heterocycles. The first kappa shape index (κ1) is 70.9. The van der Waals surface area contributed by atoms with E-state index in [1.165, 1.54) is 14.7 Å². The van der Waals surface area contributed by atoms with Crippen LogP contribution in [0.25, 0.3) is 34.2 Å². The number of aryl methyl sites for hydroxylation is 3. The van der Waals surface area contributed by atoms with Crippen LogP contribution in [0.15, 0.2) is 91.0 Å². The third-order valence-electron chi connectivity index (χ3n) is 13.6. The van der Waals surface area contributed by atoms with Gasteiger partial charge in [0.15, 0.2) is 17.5 Å². The molecule has 1 saturated heterocycles. The molecule has 91 heavy (non-hydrogen) atoms. The summed E-state index contributed by atoms with van der Waals surface area (Å²) < 4.78 is 20.2. The molecule has 8 aromatic rings. The molecule has 31 nitrogen and oxygen atoms in total. The highest BCUT2D eigenvalue weighted by molar-refractivity contribution is 6.00. The number of hydrogen-bond donors (Lipinski definition) is 7. The minimum absolute atomic E-state index is 0.00298. The second kappa shape index (κ2) is 34.7. The molecule has 0 bridgehead atoms. The Morgan fingerprint density at radius 2 is 0.890 bits per heavy atom. The average molecular weight is 1260 g/mol. The first-order chi connectivity index (χ1) is 43.6. The Morgan fingerprint density at radius 1 is 0.505 bits per heavy atom. The Labute approximate surface area is 528 Å². The Balaban J connectivity index is 0.000000209. The van der Waals surface area contributed by atoms with Crippen LogP contribution in [0.3, 0.4) is 0 Å². The SMILES string of the molecule is CNC(=O)c1cc(NC)ccc1OC.CNc1cc(C(=O)N(C)C)cc(-c2nnnn2C)c1.CNc1cc(C(=O)N(C)CCO)cc(-c2nnnn2C)c1.CNc1cc(C(=O)N2CCOCC2)cc(-c2nnnn2C)c1.CNc1ccc(OC)c(C(=O)N(C)C)c1. The third-order valence-corrected chi connectivity index (χ3v) is 13.6. The van der Waals surface area contributed by atoms with Crippen molar-refractivity contribution in [2.75, 3.05) is 158 Å². The largest absolute Gasteiger partial charge is 0.496 e. The number of carbonyl (C=O) groups is 5. The number of ether oxygens (including phenoxy) is 3. The summed E-state index contributed by atoms with van der Waals surface area (Å²) in [5.74, 6) is 2.52. The highest BCUT2D eigenvalue weighted by Gasteiger charge is 2.22. The van der Waals surface area contributed by atoms with Crippen LogP contribution < -0.4 is 41.4 Å². The number of rotatable bonds is 17. The van der Waals surface area contributed by atoms with Gasteiger partial charge < -0.3 is 70.8 Å². The lowest BCUT2D eigenvalue weighted by atomic mass is 10.1. The van der Waals surface area contributed by atoms with Crippen molar-refractivity contribution >= 4 is 58.0 Å². The fourth-order valence-corrected chi connectivity index (χ4v) is 8.62. The standard InChI is InChI=1S/C14H18N6O2.C13H18N6O2.C12H16N6O.C11H16N2O2.C10H14N2O2/c1-15-12-8-10(13-16-17-18-19(13)2)7-11(9-12)14(21)20-3-5-22-6-4-20;1-14-11-7-9(12-15-16-17-19(12)3)6-10(8-11)13(21)18(2)4-5-20;1-13-10-6-8(11-14-15-16-18(11)4)5-9(7-10)12(19)17(2)3;1-12-8-5-6-10(15-4)9(7-8)11(14)13(2)3;1-11-7-4-5-9(14-3)8(6-7)10(13)12-2/h7-9,15H,3-6H2,1-2H3;6-8,14,20H,4-5H2,1-3H3;5-7,13H,1-4H3;5-7,12H,1-4H3;4-6,11H,1-3H3,(H,12,13). The predicted molar refractivity (Wildman–Crippen MR) is 347 cm³/mol. The maximum absolute atomic E-state index is 12.7. The number of aliphatic hydroxyl groups excluding tert-OH is 1. The van der Waals surface area contributed by atoms with Crippen molar-refractivity contribution in [1.29, 1.82) is 0 Å². The Kier molecular flexibility index (Phi) is 27.0. The molecule has 1 aliphatic rings. The van der Waals surface area contributed by atoms with Crippen molar-refractivity contribution < 1.29 is 43.3 Å². The average Bonchev–Trinajstić information content (AvgIpc) is 3.79. The summed E-state index contributed by atoms with van der Waals surface area (Å²) in [5.41, 5.74) is 9.40. The Bertz CT molecular complexity index is 3710. The van der Waals surface area contributed by atoms with Gasteiger partial charge in [-0.15, -0.1) is 15.3 Å². The van der Waals surface area contributed by atoms with E-state index >= 15 is 0 Å². The summed E-state index contributed by atoms with van der Waals surface area (Å²) in [6.07, 6.45) is 0. The number of nitrogens with zero attached hydrogens (tertiary/aromatic N) is 16. The molecule has 0 atom stereocenters. The number of morpholine rings is 1. The van der Waals surface area contributed by atoms with E-state index in [0.717, 1.165) is 45.1 Å². The molecule has 5 amide bonds. The number of tetrazole rings is 3.